The Bertz CT molecular complexity index is 1280. The lowest BCUT2D eigenvalue weighted by atomic mass is 10.1. The second kappa shape index (κ2) is 11.1. The fourth-order valence-electron chi connectivity index (χ4n) is 3.33. The van der Waals surface area contributed by atoms with Crippen molar-refractivity contribution in [2.45, 2.75) is 17.2 Å². The Morgan fingerprint density at radius 1 is 1.06 bits per heavy atom. The Kier molecular flexibility index (Phi) is 8.74. The van der Waals surface area contributed by atoms with Crippen molar-refractivity contribution in [3.05, 3.63) is 98.4 Å². The maximum Gasteiger partial charge on any atom is 0.252 e. The first-order chi connectivity index (χ1) is 16.7. The van der Waals surface area contributed by atoms with Crippen LogP contribution in [0, 0.1) is 23.4 Å². The molecule has 2 unspecified atom stereocenters. The number of rotatable bonds is 7. The molecule has 2 N–H and O–H groups in total. The highest BCUT2D eigenvalue weighted by Gasteiger charge is 2.67. The van der Waals surface area contributed by atoms with Crippen LogP contribution >= 0.6 is 58.0 Å². The van der Waals surface area contributed by atoms with E-state index >= 15 is 0 Å². The van der Waals surface area contributed by atoms with E-state index < -0.39 is 51.1 Å². The van der Waals surface area contributed by atoms with Gasteiger partial charge in [0.25, 0.3) is 5.91 Å². The number of allylic oxidation sites excluding steroid dienone is 3. The zero-order valence-electron chi connectivity index (χ0n) is 18.2. The number of anilines is 1. The topological polar surface area (TPSA) is 58.2 Å². The molecular weight excluding hydrogens is 583 g/mol. The number of hydrogen-bond donors (Lipinski definition) is 2. The van der Waals surface area contributed by atoms with E-state index in [-0.39, 0.29) is 26.3 Å². The van der Waals surface area contributed by atoms with E-state index in [4.69, 9.17) is 58.0 Å². The maximum absolute atomic E-state index is 13.8. The molecule has 1 aliphatic carbocycles. The van der Waals surface area contributed by atoms with Gasteiger partial charge in [-0.15, -0.1) is 23.2 Å². The number of alkyl halides is 2. The van der Waals surface area contributed by atoms with Crippen LogP contribution in [0.15, 0.2) is 65.4 Å². The summed E-state index contributed by atoms with van der Waals surface area (Å²) in [6, 6.07) is 5.73. The third kappa shape index (κ3) is 6.03. The first-order valence-electron chi connectivity index (χ1n) is 10.1. The summed E-state index contributed by atoms with van der Waals surface area (Å²) in [5.41, 5.74) is -0.198. The number of halogens is 8. The van der Waals surface area contributed by atoms with Crippen LogP contribution < -0.4 is 10.6 Å². The average Bonchev–Trinajstić information content (AvgIpc) is 3.39. The van der Waals surface area contributed by atoms with Crippen LogP contribution in [-0.4, -0.2) is 16.1 Å². The molecule has 0 aromatic heterocycles. The molecule has 2 aromatic rings. The third-order valence-electron chi connectivity index (χ3n) is 5.32. The number of benzene rings is 2. The number of nitrogens with one attached hydrogen (secondary N) is 2. The van der Waals surface area contributed by atoms with Crippen LogP contribution in [0.1, 0.15) is 18.4 Å². The SMILES string of the molecule is C=C(/C=C\C(Cl)=C(/C)C(=O)Nc1c(F)cccc1F)NC(=O)C1C(c2cc(Cl)c(F)c(Cl)c2)C1(Cl)Cl. The van der Waals surface area contributed by atoms with Gasteiger partial charge in [-0.05, 0) is 48.9 Å². The quantitative estimate of drug-likeness (QED) is 0.149. The van der Waals surface area contributed by atoms with Gasteiger partial charge in [-0.3, -0.25) is 9.59 Å². The van der Waals surface area contributed by atoms with Crippen molar-refractivity contribution in [1.29, 1.82) is 0 Å². The number of amides is 2. The predicted octanol–water partition coefficient (Wildman–Crippen LogP) is 7.64. The van der Waals surface area contributed by atoms with Crippen LogP contribution in [-0.2, 0) is 9.59 Å². The second-order valence-corrected chi connectivity index (χ2v) is 10.5. The van der Waals surface area contributed by atoms with Crippen molar-refractivity contribution in [2.24, 2.45) is 5.92 Å². The lowest BCUT2D eigenvalue weighted by molar-refractivity contribution is -0.121. The summed E-state index contributed by atoms with van der Waals surface area (Å²) < 4.78 is 39.7. The van der Waals surface area contributed by atoms with Crippen LogP contribution in [0.25, 0.3) is 0 Å². The van der Waals surface area contributed by atoms with E-state index in [2.05, 4.69) is 17.2 Å². The zero-order valence-corrected chi connectivity index (χ0v) is 22.0. The Morgan fingerprint density at radius 3 is 2.17 bits per heavy atom. The number of carbonyl (C=O) groups is 2. The molecule has 0 heterocycles. The molecule has 0 bridgehead atoms. The minimum atomic E-state index is -1.49. The molecule has 0 radical (unpaired) electrons. The molecule has 2 amide bonds. The smallest absolute Gasteiger partial charge is 0.252 e. The van der Waals surface area contributed by atoms with Crippen molar-refractivity contribution >= 4 is 75.5 Å². The van der Waals surface area contributed by atoms with Crippen molar-refractivity contribution in [2.75, 3.05) is 5.32 Å². The molecule has 12 heteroatoms. The largest absolute Gasteiger partial charge is 0.326 e. The molecule has 0 spiro atoms. The van der Waals surface area contributed by atoms with E-state index in [1.54, 1.807) is 0 Å². The lowest BCUT2D eigenvalue weighted by Crippen LogP contribution is -2.25. The van der Waals surface area contributed by atoms with Crippen molar-refractivity contribution in [3.63, 3.8) is 0 Å². The van der Waals surface area contributed by atoms with Crippen molar-refractivity contribution in [1.82, 2.24) is 5.32 Å². The second-order valence-electron chi connectivity index (χ2n) is 7.80. The zero-order chi connectivity index (χ0) is 26.9. The average molecular weight is 599 g/mol. The van der Waals surface area contributed by atoms with Gasteiger partial charge in [0.2, 0.25) is 5.91 Å². The molecule has 36 heavy (non-hydrogen) atoms. The summed E-state index contributed by atoms with van der Waals surface area (Å²) in [4.78, 5) is 25.0. The molecule has 4 nitrogen and oxygen atoms in total. The number of para-hydroxylation sites is 1. The van der Waals surface area contributed by atoms with E-state index in [1.807, 2.05) is 0 Å². The molecule has 2 atom stereocenters. The van der Waals surface area contributed by atoms with Gasteiger partial charge < -0.3 is 10.6 Å². The molecule has 0 saturated heterocycles. The monoisotopic (exact) mass is 596 g/mol. The Balaban J connectivity index is 1.65. The Morgan fingerprint density at radius 2 is 1.61 bits per heavy atom. The fraction of sp³-hybridized carbons (Fsp3) is 0.167. The first-order valence-corrected chi connectivity index (χ1v) is 12.0. The van der Waals surface area contributed by atoms with E-state index in [0.717, 1.165) is 18.2 Å². The van der Waals surface area contributed by atoms with Gasteiger partial charge >= 0.3 is 0 Å². The van der Waals surface area contributed by atoms with Gasteiger partial charge in [0.05, 0.1) is 16.0 Å². The highest BCUT2D eigenvalue weighted by atomic mass is 35.5. The van der Waals surface area contributed by atoms with Gasteiger partial charge in [0, 0.05) is 22.2 Å². The molecule has 190 valence electrons. The number of hydrogen-bond acceptors (Lipinski definition) is 2. The Labute approximate surface area is 229 Å². The summed E-state index contributed by atoms with van der Waals surface area (Å²) in [5.74, 6) is -5.74. The number of carbonyl (C=O) groups excluding carboxylic acids is 2. The maximum atomic E-state index is 13.8. The van der Waals surface area contributed by atoms with E-state index in [9.17, 15) is 22.8 Å². The van der Waals surface area contributed by atoms with Gasteiger partial charge in [0.15, 0.2) is 5.82 Å². The van der Waals surface area contributed by atoms with Crippen molar-refractivity contribution in [3.8, 4) is 0 Å². The summed E-state index contributed by atoms with van der Waals surface area (Å²) in [6.07, 6.45) is 2.56. The van der Waals surface area contributed by atoms with Crippen LogP contribution in [0.5, 0.6) is 0 Å². The molecule has 0 aliphatic heterocycles. The minimum absolute atomic E-state index is 0.0532. The molecule has 2 aromatic carbocycles. The normalized spacial score (nSPS) is 19.0. The molecule has 3 rings (SSSR count). The molecule has 1 fully saturated rings. The molecule has 1 saturated carbocycles. The van der Waals surface area contributed by atoms with Crippen molar-refractivity contribution < 1.29 is 22.8 Å². The summed E-state index contributed by atoms with van der Waals surface area (Å²) in [7, 11) is 0. The van der Waals surface area contributed by atoms with Crippen LogP contribution in [0.2, 0.25) is 10.0 Å². The summed E-state index contributed by atoms with van der Waals surface area (Å²) in [5, 5.41) is 4.07. The highest BCUT2D eigenvalue weighted by molar-refractivity contribution is 6.53. The standard InChI is InChI=1S/C24H16Cl5F3N2O2/c1-10(6-7-13(25)11(2)22(35)34-21-16(30)4-3-5-17(21)31)33-23(36)19-18(24(19,28)29)12-8-14(26)20(32)15(27)9-12/h3-9,18-19H,1H2,2H3,(H,33,36)(H,34,35)/b7-6-,13-11-. The van der Waals surface area contributed by atoms with Crippen LogP contribution in [0.3, 0.4) is 0 Å². The summed E-state index contributed by atoms with van der Waals surface area (Å²) >= 11 is 30.3. The van der Waals surface area contributed by atoms with E-state index in [0.29, 0.717) is 5.56 Å². The molecule has 1 aliphatic rings. The summed E-state index contributed by atoms with van der Waals surface area (Å²) in [6.45, 7) is 5.02. The van der Waals surface area contributed by atoms with E-state index in [1.165, 1.54) is 31.2 Å². The van der Waals surface area contributed by atoms with Crippen LogP contribution in [0.4, 0.5) is 18.9 Å². The molecular formula is C24H16Cl5F3N2O2. The minimum Gasteiger partial charge on any atom is -0.326 e. The van der Waals surface area contributed by atoms with Gasteiger partial charge in [-0.25, -0.2) is 13.2 Å². The first kappa shape index (κ1) is 28.4. The lowest BCUT2D eigenvalue weighted by Gasteiger charge is -2.08. The fourth-order valence-corrected chi connectivity index (χ4v) is 4.81. The highest BCUT2D eigenvalue weighted by Crippen LogP contribution is 2.65. The third-order valence-corrected chi connectivity index (χ3v) is 7.22. The van der Waals surface area contributed by atoms with Gasteiger partial charge in [-0.1, -0.05) is 47.4 Å². The van der Waals surface area contributed by atoms with Gasteiger partial charge in [0.1, 0.15) is 21.7 Å². The predicted molar refractivity (Wildman–Crippen MR) is 137 cm³/mol. The Hall–Kier alpha value is -2.16. The van der Waals surface area contributed by atoms with Gasteiger partial charge in [-0.2, -0.15) is 0 Å².